The highest BCUT2D eigenvalue weighted by Crippen LogP contribution is 2.49. The minimum Gasteiger partial charge on any atom is -0.462 e. The molecule has 0 bridgehead atoms. The molecule has 1 saturated carbocycles. The summed E-state index contributed by atoms with van der Waals surface area (Å²) in [6, 6.07) is 7.74. The van der Waals surface area contributed by atoms with Gasteiger partial charge in [-0.15, -0.1) is 0 Å². The van der Waals surface area contributed by atoms with E-state index in [9.17, 15) is 24.0 Å². The maximum absolute atomic E-state index is 12.7. The molecule has 0 spiro atoms. The van der Waals surface area contributed by atoms with Gasteiger partial charge in [-0.05, 0) is 81.4 Å². The second-order valence-electron chi connectivity index (χ2n) is 11.2. The Hall–Kier alpha value is -3.99. The van der Waals surface area contributed by atoms with Crippen molar-refractivity contribution in [1.82, 2.24) is 9.55 Å². The normalized spacial score (nSPS) is 14.5. The number of fused-ring (bicyclic) bond motifs is 1. The smallest absolute Gasteiger partial charge is 0.341 e. The lowest BCUT2D eigenvalue weighted by Crippen LogP contribution is -2.34. The van der Waals surface area contributed by atoms with E-state index >= 15 is 0 Å². The summed E-state index contributed by atoms with van der Waals surface area (Å²) in [5.74, 6) is -0.919. The van der Waals surface area contributed by atoms with Crippen LogP contribution in [0.2, 0.25) is 0 Å². The van der Waals surface area contributed by atoms with E-state index < -0.39 is 35.0 Å². The number of aromatic nitrogens is 2. The summed E-state index contributed by atoms with van der Waals surface area (Å²) in [7, 11) is 0. The van der Waals surface area contributed by atoms with E-state index in [2.05, 4.69) is 11.9 Å². The second-order valence-corrected chi connectivity index (χ2v) is 11.2. The molecule has 42 heavy (non-hydrogen) atoms. The highest BCUT2D eigenvalue weighted by molar-refractivity contribution is 5.93. The van der Waals surface area contributed by atoms with Crippen molar-refractivity contribution in [2.45, 2.75) is 84.8 Å². The van der Waals surface area contributed by atoms with Gasteiger partial charge in [0.05, 0.1) is 6.61 Å². The Labute approximate surface area is 242 Å². The average Bonchev–Trinajstić information content (AvgIpc) is 3.66. The molecule has 2 aromatic heterocycles. The zero-order chi connectivity index (χ0) is 30.3. The molecule has 0 amide bonds. The van der Waals surface area contributed by atoms with Gasteiger partial charge in [-0.1, -0.05) is 25.5 Å². The van der Waals surface area contributed by atoms with Gasteiger partial charge in [0.15, 0.2) is 0 Å². The highest BCUT2D eigenvalue weighted by Gasteiger charge is 2.36. The van der Waals surface area contributed by atoms with Gasteiger partial charge in [-0.3, -0.25) is 14.6 Å². The Bertz CT molecular complexity index is 1600. The molecule has 0 radical (unpaired) electrons. The third-order valence-corrected chi connectivity index (χ3v) is 7.59. The summed E-state index contributed by atoms with van der Waals surface area (Å²) in [6.07, 6.45) is 6.87. The van der Waals surface area contributed by atoms with Crippen LogP contribution in [0, 0.1) is 5.41 Å². The van der Waals surface area contributed by atoms with Crippen LogP contribution in [0.4, 0.5) is 0 Å². The quantitative estimate of drug-likeness (QED) is 0.154. The maximum Gasteiger partial charge on any atom is 0.341 e. The monoisotopic (exact) mass is 582 g/mol. The van der Waals surface area contributed by atoms with E-state index in [1.807, 2.05) is 0 Å². The zero-order valence-electron chi connectivity index (χ0n) is 24.4. The molecule has 1 fully saturated rings. The van der Waals surface area contributed by atoms with Gasteiger partial charge in [0.25, 0.3) is 5.56 Å². The van der Waals surface area contributed by atoms with Crippen molar-refractivity contribution < 1.29 is 28.2 Å². The van der Waals surface area contributed by atoms with Crippen molar-refractivity contribution >= 4 is 23.0 Å². The molecule has 11 nitrogen and oxygen atoms in total. The fraction of sp³-hybridized carbons (Fsp3) is 0.516. The van der Waals surface area contributed by atoms with Gasteiger partial charge in [-0.2, -0.15) is 0 Å². The van der Waals surface area contributed by atoms with Crippen LogP contribution >= 0.6 is 0 Å². The van der Waals surface area contributed by atoms with Crippen LogP contribution in [0.5, 0.6) is 5.75 Å². The number of aromatic amines is 1. The molecular weight excluding hydrogens is 544 g/mol. The number of nitrogens with one attached hydrogen (secondary N) is 1. The van der Waals surface area contributed by atoms with E-state index in [0.29, 0.717) is 36.8 Å². The first kappa shape index (κ1) is 31.0. The van der Waals surface area contributed by atoms with Crippen LogP contribution in [-0.4, -0.2) is 34.7 Å². The number of H-pyrrole nitrogens is 1. The van der Waals surface area contributed by atoms with Crippen molar-refractivity contribution in [2.24, 2.45) is 5.41 Å². The fourth-order valence-electron chi connectivity index (χ4n) is 4.96. The third-order valence-electron chi connectivity index (χ3n) is 7.59. The first-order valence-electron chi connectivity index (χ1n) is 14.5. The van der Waals surface area contributed by atoms with Gasteiger partial charge < -0.3 is 18.6 Å². The van der Waals surface area contributed by atoms with Crippen molar-refractivity contribution in [3.05, 3.63) is 72.7 Å². The van der Waals surface area contributed by atoms with Crippen LogP contribution in [0.15, 0.2) is 49.1 Å². The van der Waals surface area contributed by atoms with Gasteiger partial charge in [0.1, 0.15) is 22.9 Å². The number of aryl methyl sites for hydroxylation is 1. The molecule has 11 heteroatoms. The lowest BCUT2D eigenvalue weighted by molar-refractivity contribution is -0.131. The van der Waals surface area contributed by atoms with Gasteiger partial charge in [0.2, 0.25) is 5.71 Å². The Morgan fingerprint density at radius 2 is 1.76 bits per heavy atom. The van der Waals surface area contributed by atoms with Crippen LogP contribution in [0.25, 0.3) is 11.1 Å². The predicted octanol–water partition coefficient (Wildman–Crippen LogP) is 4.64. The van der Waals surface area contributed by atoms with Crippen LogP contribution in [0.3, 0.4) is 0 Å². The number of rotatable bonds is 15. The fourth-order valence-corrected chi connectivity index (χ4v) is 4.96. The number of nitrogens with zero attached hydrogens (tertiary/aromatic N) is 1. The molecule has 1 N–H and O–H groups in total. The molecule has 4 rings (SSSR count). The average molecular weight is 583 g/mol. The Balaban J connectivity index is 1.26. The van der Waals surface area contributed by atoms with E-state index in [1.165, 1.54) is 42.5 Å². The number of carbonyl (C=O) groups is 2. The molecular formula is C31H38N2O9. The van der Waals surface area contributed by atoms with E-state index in [-0.39, 0.29) is 29.0 Å². The van der Waals surface area contributed by atoms with Gasteiger partial charge in [-0.25, -0.2) is 19.0 Å². The van der Waals surface area contributed by atoms with E-state index in [1.54, 1.807) is 19.1 Å². The largest absolute Gasteiger partial charge is 0.462 e. The summed E-state index contributed by atoms with van der Waals surface area (Å²) in [5, 5.41) is 0.204. The molecule has 0 saturated heterocycles. The number of para-hydroxylation sites is 1. The van der Waals surface area contributed by atoms with Crippen molar-refractivity contribution in [3.8, 4) is 5.75 Å². The summed E-state index contributed by atoms with van der Waals surface area (Å²) < 4.78 is 22.8. The van der Waals surface area contributed by atoms with Crippen molar-refractivity contribution in [1.29, 1.82) is 0 Å². The van der Waals surface area contributed by atoms with Crippen LogP contribution in [0.1, 0.15) is 94.3 Å². The van der Waals surface area contributed by atoms with Crippen LogP contribution < -0.4 is 21.6 Å². The summed E-state index contributed by atoms with van der Waals surface area (Å²) in [6.45, 7) is 5.69. The summed E-state index contributed by atoms with van der Waals surface area (Å²) in [5.41, 5.74) is -0.854. The predicted molar refractivity (Wildman–Crippen MR) is 155 cm³/mol. The third kappa shape index (κ3) is 8.06. The number of carbonyl (C=O) groups excluding carboxylic acids is 2. The molecule has 1 unspecified atom stereocenters. The molecule has 1 aliphatic rings. The Morgan fingerprint density at radius 3 is 2.48 bits per heavy atom. The number of hydrogen-bond acceptors (Lipinski definition) is 9. The summed E-state index contributed by atoms with van der Waals surface area (Å²) in [4.78, 5) is 63.7. The molecule has 1 aromatic carbocycles. The minimum absolute atomic E-state index is 0.0755. The molecule has 3 aromatic rings. The lowest BCUT2D eigenvalue weighted by atomic mass is 9.98. The lowest BCUT2D eigenvalue weighted by Gasteiger charge is -2.17. The first-order chi connectivity index (χ1) is 20.1. The number of benzene rings is 1. The SMILES string of the molecule is CC(=O)Oc1ccccc1C(=O)OCCCCCCOC(C)n1c(=O)[nH]c(=O)c2c(CCCC3(C)CC3)cc(=O)oc21. The van der Waals surface area contributed by atoms with E-state index in [4.69, 9.17) is 18.6 Å². The number of unbranched alkanes of at least 4 members (excludes halogenated alkanes) is 3. The number of ether oxygens (including phenoxy) is 3. The number of hydrogen-bond donors (Lipinski definition) is 1. The van der Waals surface area contributed by atoms with Gasteiger partial charge in [0, 0.05) is 19.6 Å². The van der Waals surface area contributed by atoms with Gasteiger partial charge >= 0.3 is 23.3 Å². The standard InChI is InChI=1S/C31H38N2O9/c1-20(39-17-8-4-5-9-18-40-29(37)23-12-6-7-13-24(23)41-21(2)34)33-28-26(27(36)32-30(33)38)22(19-25(35)42-28)11-10-14-31(3)15-16-31/h6-7,12-13,19-20H,4-5,8-11,14-18H2,1-3H3,(H,32,36,38). The summed E-state index contributed by atoms with van der Waals surface area (Å²) >= 11 is 0. The number of esters is 2. The van der Waals surface area contributed by atoms with Crippen molar-refractivity contribution in [2.75, 3.05) is 13.2 Å². The molecule has 1 atom stereocenters. The van der Waals surface area contributed by atoms with Crippen LogP contribution in [-0.2, 0) is 20.7 Å². The Kier molecular flexibility index (Phi) is 10.2. The minimum atomic E-state index is -0.779. The molecule has 2 heterocycles. The van der Waals surface area contributed by atoms with Crippen molar-refractivity contribution in [3.63, 3.8) is 0 Å². The highest BCUT2D eigenvalue weighted by atomic mass is 16.5. The van der Waals surface area contributed by atoms with E-state index in [0.717, 1.165) is 25.7 Å². The first-order valence-corrected chi connectivity index (χ1v) is 14.5. The molecule has 226 valence electrons. The molecule has 0 aliphatic heterocycles. The second kappa shape index (κ2) is 13.8. The topological polar surface area (TPSA) is 147 Å². The zero-order valence-corrected chi connectivity index (χ0v) is 24.4. The maximum atomic E-state index is 12.7. The molecule has 1 aliphatic carbocycles. The Morgan fingerprint density at radius 1 is 1.05 bits per heavy atom.